The van der Waals surface area contributed by atoms with Gasteiger partial charge in [0.05, 0.1) is 19.2 Å². The highest BCUT2D eigenvalue weighted by molar-refractivity contribution is 5.77. The Morgan fingerprint density at radius 3 is 2.77 bits per heavy atom. The zero-order chi connectivity index (χ0) is 18.4. The van der Waals surface area contributed by atoms with Crippen molar-refractivity contribution < 1.29 is 23.2 Å². The van der Waals surface area contributed by atoms with Crippen LogP contribution in [0.3, 0.4) is 0 Å². The Balaban J connectivity index is 1.51. The van der Waals surface area contributed by atoms with E-state index in [-0.39, 0.29) is 19.1 Å². The third kappa shape index (κ3) is 4.38. The lowest BCUT2D eigenvalue weighted by atomic mass is 10.1. The summed E-state index contributed by atoms with van der Waals surface area (Å²) in [7, 11) is 1.55. The smallest absolute Gasteiger partial charge is 0.258 e. The van der Waals surface area contributed by atoms with Crippen LogP contribution in [0.1, 0.15) is 5.69 Å². The summed E-state index contributed by atoms with van der Waals surface area (Å²) < 4.78 is 29.4. The van der Waals surface area contributed by atoms with Crippen LogP contribution in [0.25, 0.3) is 11.3 Å². The first kappa shape index (κ1) is 17.5. The predicted molar refractivity (Wildman–Crippen MR) is 92.2 cm³/mol. The number of hydrogen-bond acceptors (Lipinski definition) is 5. The van der Waals surface area contributed by atoms with Crippen LogP contribution in [0.4, 0.5) is 4.39 Å². The van der Waals surface area contributed by atoms with E-state index in [4.69, 9.17) is 14.0 Å². The quantitative estimate of drug-likeness (QED) is 0.704. The van der Waals surface area contributed by atoms with Gasteiger partial charge in [-0.25, -0.2) is 4.39 Å². The van der Waals surface area contributed by atoms with E-state index in [1.54, 1.807) is 55.6 Å². The Kier molecular flexibility index (Phi) is 5.48. The Morgan fingerprint density at radius 2 is 1.96 bits per heavy atom. The summed E-state index contributed by atoms with van der Waals surface area (Å²) in [6.07, 6.45) is 0. The molecule has 0 aliphatic rings. The molecule has 0 saturated heterocycles. The van der Waals surface area contributed by atoms with E-state index in [1.165, 1.54) is 6.07 Å². The highest BCUT2D eigenvalue weighted by Crippen LogP contribution is 2.23. The number of aromatic nitrogens is 1. The van der Waals surface area contributed by atoms with Crippen molar-refractivity contribution in [2.75, 3.05) is 13.7 Å². The molecule has 7 heteroatoms. The van der Waals surface area contributed by atoms with Crippen LogP contribution < -0.4 is 14.8 Å². The third-order valence-electron chi connectivity index (χ3n) is 3.58. The van der Waals surface area contributed by atoms with Gasteiger partial charge in [0.25, 0.3) is 5.91 Å². The molecular formula is C19H17FN2O4. The van der Waals surface area contributed by atoms with Gasteiger partial charge in [0, 0.05) is 12.1 Å². The number of halogens is 1. The van der Waals surface area contributed by atoms with Gasteiger partial charge in [0.15, 0.2) is 12.4 Å². The first-order valence-electron chi connectivity index (χ1n) is 7.90. The van der Waals surface area contributed by atoms with Gasteiger partial charge < -0.3 is 19.3 Å². The molecule has 3 rings (SSSR count). The molecule has 0 aliphatic heterocycles. The third-order valence-corrected chi connectivity index (χ3v) is 3.58. The summed E-state index contributed by atoms with van der Waals surface area (Å²) in [5.74, 6) is 0.767. The van der Waals surface area contributed by atoms with Crippen molar-refractivity contribution in [1.29, 1.82) is 0 Å². The average Bonchev–Trinajstić information content (AvgIpc) is 3.14. The number of amides is 1. The van der Waals surface area contributed by atoms with Gasteiger partial charge >= 0.3 is 0 Å². The number of ether oxygens (including phenoxy) is 2. The molecule has 0 aliphatic carbocycles. The minimum atomic E-state index is -0.397. The second-order valence-electron chi connectivity index (χ2n) is 5.41. The fourth-order valence-corrected chi connectivity index (χ4v) is 2.26. The molecule has 1 heterocycles. The average molecular weight is 356 g/mol. The van der Waals surface area contributed by atoms with Crippen molar-refractivity contribution in [3.05, 3.63) is 66.1 Å². The maximum Gasteiger partial charge on any atom is 0.258 e. The molecule has 134 valence electrons. The van der Waals surface area contributed by atoms with Gasteiger partial charge in [-0.15, -0.1) is 0 Å². The molecule has 0 fully saturated rings. The standard InChI is InChI=1S/C19H17FN2O4/c1-24-14-5-4-6-15(10-14)25-12-19(23)21-11-13-9-18(26-22-13)16-7-2-3-8-17(16)20/h2-10H,11-12H2,1H3,(H,21,23). The SMILES string of the molecule is COc1cccc(OCC(=O)NCc2cc(-c3ccccc3F)on2)c1. The maximum absolute atomic E-state index is 13.7. The van der Waals surface area contributed by atoms with Crippen LogP contribution in [0.2, 0.25) is 0 Å². The van der Waals surface area contributed by atoms with E-state index >= 15 is 0 Å². The Hall–Kier alpha value is -3.35. The van der Waals surface area contributed by atoms with Crippen LogP contribution in [0.5, 0.6) is 11.5 Å². The summed E-state index contributed by atoms with van der Waals surface area (Å²) in [6, 6.07) is 14.8. The zero-order valence-electron chi connectivity index (χ0n) is 14.1. The van der Waals surface area contributed by atoms with Crippen molar-refractivity contribution in [1.82, 2.24) is 10.5 Å². The monoisotopic (exact) mass is 356 g/mol. The minimum absolute atomic E-state index is 0.148. The van der Waals surface area contributed by atoms with E-state index in [9.17, 15) is 9.18 Å². The highest BCUT2D eigenvalue weighted by atomic mass is 19.1. The molecular weight excluding hydrogens is 339 g/mol. The van der Waals surface area contributed by atoms with E-state index < -0.39 is 5.82 Å². The fourth-order valence-electron chi connectivity index (χ4n) is 2.26. The number of carbonyl (C=O) groups is 1. The van der Waals surface area contributed by atoms with Crippen molar-refractivity contribution in [2.24, 2.45) is 0 Å². The molecule has 0 saturated carbocycles. The number of nitrogens with zero attached hydrogens (tertiary/aromatic N) is 1. The van der Waals surface area contributed by atoms with Crippen molar-refractivity contribution in [2.45, 2.75) is 6.54 Å². The lowest BCUT2D eigenvalue weighted by Gasteiger charge is -2.07. The van der Waals surface area contributed by atoms with Crippen molar-refractivity contribution >= 4 is 5.91 Å². The van der Waals surface area contributed by atoms with Gasteiger partial charge in [-0.05, 0) is 24.3 Å². The van der Waals surface area contributed by atoms with E-state index in [0.29, 0.717) is 28.5 Å². The largest absolute Gasteiger partial charge is 0.497 e. The lowest BCUT2D eigenvalue weighted by molar-refractivity contribution is -0.123. The first-order chi connectivity index (χ1) is 12.7. The van der Waals surface area contributed by atoms with Crippen LogP contribution in [0, 0.1) is 5.82 Å². The molecule has 0 radical (unpaired) electrons. The number of hydrogen-bond donors (Lipinski definition) is 1. The Bertz CT molecular complexity index is 895. The van der Waals surface area contributed by atoms with Crippen LogP contribution in [-0.2, 0) is 11.3 Å². The minimum Gasteiger partial charge on any atom is -0.497 e. The molecule has 6 nitrogen and oxygen atoms in total. The number of methoxy groups -OCH3 is 1. The normalized spacial score (nSPS) is 10.4. The summed E-state index contributed by atoms with van der Waals surface area (Å²) in [6.45, 7) is 0.00342. The highest BCUT2D eigenvalue weighted by Gasteiger charge is 2.11. The molecule has 3 aromatic rings. The van der Waals surface area contributed by atoms with Gasteiger partial charge in [-0.1, -0.05) is 23.4 Å². The van der Waals surface area contributed by atoms with Gasteiger partial charge in [-0.3, -0.25) is 4.79 Å². The fraction of sp³-hybridized carbons (Fsp3) is 0.158. The van der Waals surface area contributed by atoms with Crippen LogP contribution >= 0.6 is 0 Å². The summed E-state index contributed by atoms with van der Waals surface area (Å²) >= 11 is 0. The summed E-state index contributed by atoms with van der Waals surface area (Å²) in [5.41, 5.74) is 0.803. The predicted octanol–water partition coefficient (Wildman–Crippen LogP) is 3.18. The second kappa shape index (κ2) is 8.15. The van der Waals surface area contributed by atoms with Crippen LogP contribution in [0.15, 0.2) is 59.1 Å². The summed E-state index contributed by atoms with van der Waals surface area (Å²) in [4.78, 5) is 11.9. The topological polar surface area (TPSA) is 73.6 Å². The van der Waals surface area contributed by atoms with Gasteiger partial charge in [0.1, 0.15) is 23.0 Å². The van der Waals surface area contributed by atoms with Gasteiger partial charge in [-0.2, -0.15) is 0 Å². The second-order valence-corrected chi connectivity index (χ2v) is 5.41. The lowest BCUT2D eigenvalue weighted by Crippen LogP contribution is -2.28. The Morgan fingerprint density at radius 1 is 1.15 bits per heavy atom. The van der Waals surface area contributed by atoms with E-state index in [1.807, 2.05) is 0 Å². The summed E-state index contributed by atoms with van der Waals surface area (Å²) in [5, 5.41) is 6.50. The first-order valence-corrected chi connectivity index (χ1v) is 7.90. The maximum atomic E-state index is 13.7. The molecule has 0 unspecified atom stereocenters. The molecule has 0 atom stereocenters. The molecule has 2 aromatic carbocycles. The van der Waals surface area contributed by atoms with Crippen LogP contribution in [-0.4, -0.2) is 24.8 Å². The number of benzene rings is 2. The molecule has 1 aromatic heterocycles. The molecule has 1 N–H and O–H groups in total. The van der Waals surface area contributed by atoms with Crippen molar-refractivity contribution in [3.8, 4) is 22.8 Å². The molecule has 1 amide bonds. The molecule has 0 bridgehead atoms. The zero-order valence-corrected chi connectivity index (χ0v) is 14.1. The number of carbonyl (C=O) groups excluding carboxylic acids is 1. The molecule has 26 heavy (non-hydrogen) atoms. The van der Waals surface area contributed by atoms with E-state index in [0.717, 1.165) is 0 Å². The molecule has 0 spiro atoms. The number of nitrogens with one attached hydrogen (secondary N) is 1. The Labute approximate surface area is 149 Å². The van der Waals surface area contributed by atoms with E-state index in [2.05, 4.69) is 10.5 Å². The van der Waals surface area contributed by atoms with Crippen molar-refractivity contribution in [3.63, 3.8) is 0 Å². The van der Waals surface area contributed by atoms with Gasteiger partial charge in [0.2, 0.25) is 0 Å². The number of rotatable bonds is 7.